The van der Waals surface area contributed by atoms with Gasteiger partial charge >= 0.3 is 0 Å². The maximum absolute atomic E-state index is 12.4. The highest BCUT2D eigenvalue weighted by Crippen LogP contribution is 2.30. The number of rotatable bonds is 3. The molecule has 0 aromatic heterocycles. The first kappa shape index (κ1) is 16.3. The van der Waals surface area contributed by atoms with Crippen molar-refractivity contribution in [2.45, 2.75) is 32.3 Å². The second-order valence-corrected chi connectivity index (χ2v) is 6.31. The number of anilines is 1. The van der Waals surface area contributed by atoms with Crippen molar-refractivity contribution in [2.24, 2.45) is 11.7 Å². The number of benzene rings is 1. The van der Waals surface area contributed by atoms with Gasteiger partial charge in [0.1, 0.15) is 5.75 Å². The fourth-order valence-corrected chi connectivity index (χ4v) is 3.07. The lowest BCUT2D eigenvalue weighted by atomic mass is 9.96. The molecule has 128 valence electrons. The SMILES string of the molecule is CC1Oc2ccc(CC(=O)N3CCC(C(N)=O)CC3)cc2NC1=O. The molecule has 1 fully saturated rings. The topological polar surface area (TPSA) is 102 Å². The van der Waals surface area contributed by atoms with Crippen LogP contribution in [0.4, 0.5) is 5.69 Å². The predicted molar refractivity (Wildman–Crippen MR) is 87.4 cm³/mol. The van der Waals surface area contributed by atoms with Crippen LogP contribution in [0.5, 0.6) is 5.75 Å². The number of nitrogens with two attached hydrogens (primary N) is 1. The maximum atomic E-state index is 12.4. The summed E-state index contributed by atoms with van der Waals surface area (Å²) in [6.07, 6.45) is 0.969. The molecular formula is C17H21N3O4. The van der Waals surface area contributed by atoms with Gasteiger partial charge in [-0.25, -0.2) is 0 Å². The van der Waals surface area contributed by atoms with E-state index in [2.05, 4.69) is 5.32 Å². The van der Waals surface area contributed by atoms with Gasteiger partial charge < -0.3 is 20.7 Å². The third-order valence-electron chi connectivity index (χ3n) is 4.58. The number of nitrogens with zero attached hydrogens (tertiary/aromatic N) is 1. The number of hydrogen-bond acceptors (Lipinski definition) is 4. The Balaban J connectivity index is 1.62. The lowest BCUT2D eigenvalue weighted by Crippen LogP contribution is -2.42. The number of carbonyl (C=O) groups excluding carboxylic acids is 3. The molecule has 0 spiro atoms. The molecule has 7 heteroatoms. The number of nitrogens with one attached hydrogen (secondary N) is 1. The highest BCUT2D eigenvalue weighted by Gasteiger charge is 2.27. The van der Waals surface area contributed by atoms with Crippen molar-refractivity contribution in [1.29, 1.82) is 0 Å². The van der Waals surface area contributed by atoms with E-state index in [1.807, 2.05) is 6.07 Å². The molecule has 7 nitrogen and oxygen atoms in total. The van der Waals surface area contributed by atoms with E-state index in [4.69, 9.17) is 10.5 Å². The molecule has 3 amide bonds. The van der Waals surface area contributed by atoms with Crippen molar-refractivity contribution >= 4 is 23.4 Å². The summed E-state index contributed by atoms with van der Waals surface area (Å²) in [5, 5.41) is 2.78. The van der Waals surface area contributed by atoms with Gasteiger partial charge in [0.05, 0.1) is 12.1 Å². The van der Waals surface area contributed by atoms with Crippen LogP contribution in [0, 0.1) is 5.92 Å². The van der Waals surface area contributed by atoms with E-state index in [1.165, 1.54) is 0 Å². The average molecular weight is 331 g/mol. The Bertz CT molecular complexity index is 680. The van der Waals surface area contributed by atoms with Crippen LogP contribution in [-0.4, -0.2) is 41.8 Å². The van der Waals surface area contributed by atoms with Gasteiger partial charge in [0.15, 0.2) is 6.10 Å². The Labute approximate surface area is 140 Å². The monoisotopic (exact) mass is 331 g/mol. The van der Waals surface area contributed by atoms with Gasteiger partial charge in [0.2, 0.25) is 11.8 Å². The molecule has 1 atom stereocenters. The first-order chi connectivity index (χ1) is 11.4. The molecule has 1 unspecified atom stereocenters. The van der Waals surface area contributed by atoms with Crippen LogP contribution in [0.25, 0.3) is 0 Å². The number of piperidine rings is 1. The number of carbonyl (C=O) groups is 3. The number of hydrogen-bond donors (Lipinski definition) is 2. The van der Waals surface area contributed by atoms with Crippen LogP contribution in [0.3, 0.4) is 0 Å². The largest absolute Gasteiger partial charge is 0.479 e. The van der Waals surface area contributed by atoms with Crippen molar-refractivity contribution in [3.05, 3.63) is 23.8 Å². The molecule has 1 aromatic rings. The molecule has 0 aliphatic carbocycles. The zero-order valence-corrected chi connectivity index (χ0v) is 13.6. The van der Waals surface area contributed by atoms with Gasteiger partial charge in [-0.1, -0.05) is 6.07 Å². The third-order valence-corrected chi connectivity index (χ3v) is 4.58. The lowest BCUT2D eigenvalue weighted by Gasteiger charge is -2.30. The predicted octanol–water partition coefficient (Wildman–Crippen LogP) is 0.672. The molecule has 3 rings (SSSR count). The minimum atomic E-state index is -0.517. The van der Waals surface area contributed by atoms with E-state index in [0.717, 1.165) is 5.56 Å². The van der Waals surface area contributed by atoms with E-state index in [-0.39, 0.29) is 30.1 Å². The van der Waals surface area contributed by atoms with Gasteiger partial charge in [-0.05, 0) is 37.5 Å². The van der Waals surface area contributed by atoms with Crippen LogP contribution in [-0.2, 0) is 20.8 Å². The minimum absolute atomic E-state index is 0.00860. The molecule has 2 heterocycles. The first-order valence-corrected chi connectivity index (χ1v) is 8.11. The van der Waals surface area contributed by atoms with Gasteiger partial charge in [0, 0.05) is 19.0 Å². The molecule has 0 saturated carbocycles. The van der Waals surface area contributed by atoms with Crippen molar-refractivity contribution < 1.29 is 19.1 Å². The van der Waals surface area contributed by atoms with Gasteiger partial charge in [-0.15, -0.1) is 0 Å². The van der Waals surface area contributed by atoms with Crippen LogP contribution < -0.4 is 15.8 Å². The van der Waals surface area contributed by atoms with E-state index < -0.39 is 6.10 Å². The number of amides is 3. The summed E-state index contributed by atoms with van der Waals surface area (Å²) in [5.41, 5.74) is 6.72. The molecule has 0 bridgehead atoms. The highest BCUT2D eigenvalue weighted by atomic mass is 16.5. The zero-order chi connectivity index (χ0) is 17.3. The Morgan fingerprint density at radius 1 is 1.33 bits per heavy atom. The third kappa shape index (κ3) is 3.34. The molecular weight excluding hydrogens is 310 g/mol. The minimum Gasteiger partial charge on any atom is -0.479 e. The summed E-state index contributed by atoms with van der Waals surface area (Å²) in [6.45, 7) is 2.79. The molecule has 3 N–H and O–H groups in total. The summed E-state index contributed by atoms with van der Waals surface area (Å²) in [5.74, 6) is 0.00302. The van der Waals surface area contributed by atoms with Crippen LogP contribution >= 0.6 is 0 Å². The van der Waals surface area contributed by atoms with Crippen molar-refractivity contribution in [1.82, 2.24) is 4.90 Å². The molecule has 1 saturated heterocycles. The molecule has 2 aliphatic rings. The summed E-state index contributed by atoms with van der Waals surface area (Å²) >= 11 is 0. The first-order valence-electron chi connectivity index (χ1n) is 8.11. The lowest BCUT2D eigenvalue weighted by molar-refractivity contribution is -0.134. The molecule has 1 aromatic carbocycles. The summed E-state index contributed by atoms with van der Waals surface area (Å²) in [4.78, 5) is 37.0. The highest BCUT2D eigenvalue weighted by molar-refractivity contribution is 5.97. The smallest absolute Gasteiger partial charge is 0.265 e. The number of primary amides is 1. The fourth-order valence-electron chi connectivity index (χ4n) is 3.07. The van der Waals surface area contributed by atoms with Crippen LogP contribution in [0.2, 0.25) is 0 Å². The standard InChI is InChI=1S/C17H21N3O4/c1-10-17(23)19-13-8-11(2-3-14(13)24-10)9-15(21)20-6-4-12(5-7-20)16(18)22/h2-3,8,10,12H,4-7,9H2,1H3,(H2,18,22)(H,19,23). The zero-order valence-electron chi connectivity index (χ0n) is 13.6. The van der Waals surface area contributed by atoms with Crippen molar-refractivity contribution in [3.63, 3.8) is 0 Å². The quantitative estimate of drug-likeness (QED) is 0.850. The Morgan fingerprint density at radius 2 is 2.04 bits per heavy atom. The molecule has 2 aliphatic heterocycles. The normalized spacial score (nSPS) is 20.8. The van der Waals surface area contributed by atoms with Crippen LogP contribution in [0.1, 0.15) is 25.3 Å². The van der Waals surface area contributed by atoms with Crippen molar-refractivity contribution in [2.75, 3.05) is 18.4 Å². The average Bonchev–Trinajstić information content (AvgIpc) is 2.56. The number of fused-ring (bicyclic) bond motifs is 1. The van der Waals surface area contributed by atoms with Gasteiger partial charge in [-0.2, -0.15) is 0 Å². The molecule has 0 radical (unpaired) electrons. The molecule has 24 heavy (non-hydrogen) atoms. The Morgan fingerprint density at radius 3 is 2.71 bits per heavy atom. The van der Waals surface area contributed by atoms with Gasteiger partial charge in [-0.3, -0.25) is 14.4 Å². The maximum Gasteiger partial charge on any atom is 0.265 e. The Hall–Kier alpha value is -2.57. The van der Waals surface area contributed by atoms with Gasteiger partial charge in [0.25, 0.3) is 5.91 Å². The summed E-state index contributed by atoms with van der Waals surface area (Å²) < 4.78 is 5.50. The van der Waals surface area contributed by atoms with E-state index in [9.17, 15) is 14.4 Å². The second-order valence-electron chi connectivity index (χ2n) is 6.31. The Kier molecular flexibility index (Phi) is 4.42. The van der Waals surface area contributed by atoms with E-state index in [1.54, 1.807) is 24.0 Å². The second kappa shape index (κ2) is 6.51. The van der Waals surface area contributed by atoms with E-state index >= 15 is 0 Å². The number of ether oxygens (including phenoxy) is 1. The fraction of sp³-hybridized carbons (Fsp3) is 0.471. The van der Waals surface area contributed by atoms with Crippen molar-refractivity contribution in [3.8, 4) is 5.75 Å². The summed E-state index contributed by atoms with van der Waals surface area (Å²) in [7, 11) is 0. The van der Waals surface area contributed by atoms with Crippen LogP contribution in [0.15, 0.2) is 18.2 Å². The number of likely N-dealkylation sites (tertiary alicyclic amines) is 1. The van der Waals surface area contributed by atoms with E-state index in [0.29, 0.717) is 37.4 Å². The summed E-state index contributed by atoms with van der Waals surface area (Å²) in [6, 6.07) is 5.37.